The monoisotopic (exact) mass is 469 g/mol. The van der Waals surface area contributed by atoms with E-state index in [0.29, 0.717) is 31.7 Å². The van der Waals surface area contributed by atoms with Crippen molar-refractivity contribution >= 4 is 23.6 Å². The minimum atomic E-state index is -0.575. The van der Waals surface area contributed by atoms with Gasteiger partial charge in [-0.15, -0.1) is 0 Å². The Morgan fingerprint density at radius 1 is 0.853 bits per heavy atom. The number of carbonyl (C=O) groups is 3. The fourth-order valence-corrected chi connectivity index (χ4v) is 2.87. The molecule has 0 unspecified atom stereocenters. The second-order valence-corrected chi connectivity index (χ2v) is 8.97. The van der Waals surface area contributed by atoms with Gasteiger partial charge in [-0.1, -0.05) is 29.8 Å². The number of nitrogens with one attached hydrogen (secondary N) is 3. The smallest absolute Gasteiger partial charge is 0.407 e. The van der Waals surface area contributed by atoms with Crippen LogP contribution in [0.3, 0.4) is 0 Å². The second-order valence-electron chi connectivity index (χ2n) is 8.97. The Bertz CT molecular complexity index is 934. The van der Waals surface area contributed by atoms with Crippen molar-refractivity contribution in [3.8, 4) is 5.75 Å². The van der Waals surface area contributed by atoms with E-state index in [-0.39, 0.29) is 24.8 Å². The molecule has 0 aliphatic rings. The Morgan fingerprint density at radius 2 is 1.53 bits per heavy atom. The van der Waals surface area contributed by atoms with E-state index in [1.54, 1.807) is 32.9 Å². The predicted octanol–water partition coefficient (Wildman–Crippen LogP) is 4.32. The molecule has 34 heavy (non-hydrogen) atoms. The molecule has 0 spiro atoms. The van der Waals surface area contributed by atoms with Gasteiger partial charge in [0.15, 0.2) is 0 Å². The van der Waals surface area contributed by atoms with Gasteiger partial charge in [0.2, 0.25) is 11.8 Å². The van der Waals surface area contributed by atoms with Gasteiger partial charge in [0.1, 0.15) is 11.4 Å². The van der Waals surface area contributed by atoms with Gasteiger partial charge in [-0.25, -0.2) is 4.79 Å². The molecule has 8 heteroatoms. The number of aryl methyl sites for hydroxylation is 1. The summed E-state index contributed by atoms with van der Waals surface area (Å²) in [6, 6.07) is 15.1. The van der Waals surface area contributed by atoms with Gasteiger partial charge >= 0.3 is 6.09 Å². The van der Waals surface area contributed by atoms with E-state index in [1.165, 1.54) is 5.56 Å². The maximum absolute atomic E-state index is 12.1. The van der Waals surface area contributed by atoms with Crippen LogP contribution >= 0.6 is 0 Å². The summed E-state index contributed by atoms with van der Waals surface area (Å²) in [5.41, 5.74) is 2.19. The molecule has 0 fully saturated rings. The highest BCUT2D eigenvalue weighted by molar-refractivity contribution is 5.90. The molecule has 2 aromatic carbocycles. The van der Waals surface area contributed by atoms with E-state index in [0.717, 1.165) is 11.3 Å². The van der Waals surface area contributed by atoms with Crippen molar-refractivity contribution in [1.82, 2.24) is 10.6 Å². The Morgan fingerprint density at radius 3 is 2.18 bits per heavy atom. The number of carbonyl (C=O) groups excluding carboxylic acids is 3. The van der Waals surface area contributed by atoms with E-state index >= 15 is 0 Å². The van der Waals surface area contributed by atoms with Crippen LogP contribution in [-0.2, 0) is 20.9 Å². The van der Waals surface area contributed by atoms with Crippen LogP contribution in [0.5, 0.6) is 5.75 Å². The van der Waals surface area contributed by atoms with Crippen LogP contribution in [0.1, 0.15) is 51.2 Å². The first kappa shape index (κ1) is 26.7. The molecule has 0 saturated carbocycles. The first-order valence-electron chi connectivity index (χ1n) is 11.4. The first-order valence-corrected chi connectivity index (χ1v) is 11.4. The van der Waals surface area contributed by atoms with Crippen LogP contribution < -0.4 is 20.7 Å². The fourth-order valence-electron chi connectivity index (χ4n) is 2.87. The van der Waals surface area contributed by atoms with Crippen LogP contribution in [0.25, 0.3) is 0 Å². The highest BCUT2D eigenvalue weighted by Crippen LogP contribution is 2.13. The molecule has 0 aliphatic heterocycles. The Hall–Kier alpha value is -3.55. The fraction of sp³-hybridized carbons (Fsp3) is 0.423. The Labute approximate surface area is 201 Å². The molecule has 8 nitrogen and oxygen atoms in total. The Balaban J connectivity index is 1.60. The minimum absolute atomic E-state index is 0.0777. The van der Waals surface area contributed by atoms with E-state index in [9.17, 15) is 14.4 Å². The molecular weight excluding hydrogens is 434 g/mol. The molecule has 0 aromatic heterocycles. The molecule has 0 saturated heterocycles. The summed E-state index contributed by atoms with van der Waals surface area (Å²) in [5.74, 6) is 0.542. The molecule has 3 amide bonds. The number of ether oxygens (including phenoxy) is 2. The third kappa shape index (κ3) is 11.4. The topological polar surface area (TPSA) is 106 Å². The third-order valence-electron chi connectivity index (χ3n) is 4.59. The van der Waals surface area contributed by atoms with Crippen molar-refractivity contribution in [3.63, 3.8) is 0 Å². The average Bonchev–Trinajstić information content (AvgIpc) is 2.76. The summed E-state index contributed by atoms with van der Waals surface area (Å²) in [6.07, 6.45) is 0.589. The number of alkyl carbamates (subject to hydrolysis) is 1. The van der Waals surface area contributed by atoms with Crippen molar-refractivity contribution in [2.24, 2.45) is 0 Å². The third-order valence-corrected chi connectivity index (χ3v) is 4.59. The van der Waals surface area contributed by atoms with Gasteiger partial charge in [-0.3, -0.25) is 9.59 Å². The molecule has 0 radical (unpaired) electrons. The van der Waals surface area contributed by atoms with Crippen molar-refractivity contribution in [2.75, 3.05) is 18.5 Å². The lowest BCUT2D eigenvalue weighted by Gasteiger charge is -2.19. The summed E-state index contributed by atoms with van der Waals surface area (Å²) < 4.78 is 10.8. The molecule has 2 rings (SSSR count). The van der Waals surface area contributed by atoms with Gasteiger partial charge in [0.25, 0.3) is 0 Å². The predicted molar refractivity (Wildman–Crippen MR) is 132 cm³/mol. The normalized spacial score (nSPS) is 10.8. The highest BCUT2D eigenvalue weighted by atomic mass is 16.6. The summed E-state index contributed by atoms with van der Waals surface area (Å²) in [6.45, 7) is 8.38. The summed E-state index contributed by atoms with van der Waals surface area (Å²) in [5, 5.41) is 8.21. The van der Waals surface area contributed by atoms with Crippen molar-refractivity contribution in [1.29, 1.82) is 0 Å². The molecule has 0 atom stereocenters. The number of amides is 3. The number of hydrogen-bond acceptors (Lipinski definition) is 5. The average molecular weight is 470 g/mol. The molecule has 0 bridgehead atoms. The molecule has 184 valence electrons. The quantitative estimate of drug-likeness (QED) is 0.425. The number of benzene rings is 2. The standard InChI is InChI=1S/C26H35N3O5/c1-19-7-13-22(14-8-19)33-17-5-6-24(31)29-21-11-9-20(10-12-21)18-28-23(30)15-16-27-25(32)34-26(2,3)4/h7-14H,5-6,15-18H2,1-4H3,(H,27,32)(H,28,30)(H,29,31). The maximum Gasteiger partial charge on any atom is 0.407 e. The lowest BCUT2D eigenvalue weighted by Crippen LogP contribution is -2.35. The molecular formula is C26H35N3O5. The van der Waals surface area contributed by atoms with Crippen molar-refractivity contribution < 1.29 is 23.9 Å². The molecule has 2 aromatic rings. The van der Waals surface area contributed by atoms with Gasteiger partial charge in [0.05, 0.1) is 6.61 Å². The summed E-state index contributed by atoms with van der Waals surface area (Å²) in [7, 11) is 0. The summed E-state index contributed by atoms with van der Waals surface area (Å²) in [4.78, 5) is 35.7. The zero-order valence-electron chi connectivity index (χ0n) is 20.4. The van der Waals surface area contributed by atoms with E-state index in [1.807, 2.05) is 43.3 Å². The zero-order valence-corrected chi connectivity index (χ0v) is 20.4. The van der Waals surface area contributed by atoms with Gasteiger partial charge in [-0.2, -0.15) is 0 Å². The van der Waals surface area contributed by atoms with Crippen LogP contribution in [0, 0.1) is 6.92 Å². The number of hydrogen-bond donors (Lipinski definition) is 3. The lowest BCUT2D eigenvalue weighted by molar-refractivity contribution is -0.121. The number of anilines is 1. The van der Waals surface area contributed by atoms with E-state index in [2.05, 4.69) is 16.0 Å². The van der Waals surface area contributed by atoms with E-state index in [4.69, 9.17) is 9.47 Å². The molecule has 0 aliphatic carbocycles. The van der Waals surface area contributed by atoms with Crippen molar-refractivity contribution in [3.05, 3.63) is 59.7 Å². The van der Waals surface area contributed by atoms with Gasteiger partial charge in [0, 0.05) is 31.6 Å². The highest BCUT2D eigenvalue weighted by Gasteiger charge is 2.15. The van der Waals surface area contributed by atoms with E-state index < -0.39 is 11.7 Å². The van der Waals surface area contributed by atoms with Gasteiger partial charge < -0.3 is 25.4 Å². The Kier molecular flexibility index (Phi) is 10.4. The van der Waals surface area contributed by atoms with Crippen LogP contribution in [0.15, 0.2) is 48.5 Å². The van der Waals surface area contributed by atoms with Crippen LogP contribution in [0.4, 0.5) is 10.5 Å². The molecule has 0 heterocycles. The van der Waals surface area contributed by atoms with Crippen molar-refractivity contribution in [2.45, 2.75) is 59.1 Å². The molecule has 3 N–H and O–H groups in total. The minimum Gasteiger partial charge on any atom is -0.494 e. The summed E-state index contributed by atoms with van der Waals surface area (Å²) >= 11 is 0. The lowest BCUT2D eigenvalue weighted by atomic mass is 10.2. The van der Waals surface area contributed by atoms with Crippen LogP contribution in [0.2, 0.25) is 0 Å². The first-order chi connectivity index (χ1) is 16.1. The zero-order chi connectivity index (χ0) is 25.0. The SMILES string of the molecule is Cc1ccc(OCCCC(=O)Nc2ccc(CNC(=O)CCNC(=O)OC(C)(C)C)cc2)cc1. The van der Waals surface area contributed by atoms with Gasteiger partial charge in [-0.05, 0) is 63.9 Å². The second kappa shape index (κ2) is 13.2. The largest absolute Gasteiger partial charge is 0.494 e. The maximum atomic E-state index is 12.1. The van der Waals surface area contributed by atoms with Crippen LogP contribution in [-0.4, -0.2) is 36.7 Å². The number of rotatable bonds is 11.